The number of aliphatic hydroxyl groups is 2. The van der Waals surface area contributed by atoms with Crippen molar-refractivity contribution < 1.29 is 28.9 Å². The number of benzene rings is 1. The minimum absolute atomic E-state index is 0.165. The van der Waals surface area contributed by atoms with Crippen molar-refractivity contribution >= 4 is 5.91 Å². The zero-order valence-electron chi connectivity index (χ0n) is 14.5. The lowest BCUT2D eigenvalue weighted by Gasteiger charge is -2.45. The Balaban J connectivity index is 1.93. The van der Waals surface area contributed by atoms with Crippen LogP contribution in [0.1, 0.15) is 19.3 Å². The average Bonchev–Trinajstić information content (AvgIpc) is 2.63. The van der Waals surface area contributed by atoms with E-state index in [-0.39, 0.29) is 31.5 Å². The molecule has 2 rings (SSSR count). The summed E-state index contributed by atoms with van der Waals surface area (Å²) in [5, 5.41) is 20.2. The Kier molecular flexibility index (Phi) is 7.16. The highest BCUT2D eigenvalue weighted by atomic mass is 19.1. The van der Waals surface area contributed by atoms with Crippen LogP contribution in [0.3, 0.4) is 0 Å². The molecule has 140 valence electrons. The van der Waals surface area contributed by atoms with Crippen molar-refractivity contribution in [3.8, 4) is 5.75 Å². The third kappa shape index (κ3) is 5.14. The van der Waals surface area contributed by atoms with Crippen molar-refractivity contribution in [1.82, 2.24) is 4.90 Å². The highest BCUT2D eigenvalue weighted by Crippen LogP contribution is 2.34. The lowest BCUT2D eigenvalue weighted by molar-refractivity contribution is -0.144. The Bertz CT molecular complexity index is 553. The first-order valence-corrected chi connectivity index (χ1v) is 8.45. The third-order valence-electron chi connectivity index (χ3n) is 4.75. The van der Waals surface area contributed by atoms with Crippen LogP contribution in [0.5, 0.6) is 5.75 Å². The Hall–Kier alpha value is -1.70. The van der Waals surface area contributed by atoms with Crippen molar-refractivity contribution in [3.05, 3.63) is 30.1 Å². The van der Waals surface area contributed by atoms with E-state index >= 15 is 0 Å². The highest BCUT2D eigenvalue weighted by molar-refractivity contribution is 5.78. The van der Waals surface area contributed by atoms with Gasteiger partial charge in [0.1, 0.15) is 11.6 Å². The summed E-state index contributed by atoms with van der Waals surface area (Å²) in [6.07, 6.45) is 1.02. The van der Waals surface area contributed by atoms with Gasteiger partial charge in [0.2, 0.25) is 0 Å². The van der Waals surface area contributed by atoms with Gasteiger partial charge < -0.3 is 24.6 Å². The van der Waals surface area contributed by atoms with Crippen molar-refractivity contribution in [2.75, 3.05) is 40.0 Å². The van der Waals surface area contributed by atoms with Crippen molar-refractivity contribution in [1.29, 1.82) is 0 Å². The molecule has 0 radical (unpaired) electrons. The second kappa shape index (κ2) is 9.12. The molecule has 1 amide bonds. The van der Waals surface area contributed by atoms with Crippen LogP contribution in [0.4, 0.5) is 4.39 Å². The molecule has 2 atom stereocenters. The van der Waals surface area contributed by atoms with Crippen LogP contribution in [0, 0.1) is 11.2 Å². The molecule has 1 heterocycles. The Morgan fingerprint density at radius 1 is 1.40 bits per heavy atom. The fraction of sp³-hybridized carbons (Fsp3) is 0.611. The molecule has 0 aromatic heterocycles. The molecule has 2 N–H and O–H groups in total. The number of methoxy groups -OCH3 is 1. The third-order valence-corrected chi connectivity index (χ3v) is 4.75. The van der Waals surface area contributed by atoms with Crippen molar-refractivity contribution in [2.24, 2.45) is 5.41 Å². The Morgan fingerprint density at radius 2 is 2.12 bits per heavy atom. The van der Waals surface area contributed by atoms with Gasteiger partial charge in [-0.2, -0.15) is 0 Å². The monoisotopic (exact) mass is 355 g/mol. The summed E-state index contributed by atoms with van der Waals surface area (Å²) in [6, 6.07) is 5.46. The second-order valence-electron chi connectivity index (χ2n) is 6.48. The number of ether oxygens (including phenoxy) is 2. The van der Waals surface area contributed by atoms with Crippen molar-refractivity contribution in [3.63, 3.8) is 0 Å². The molecule has 0 unspecified atom stereocenters. The van der Waals surface area contributed by atoms with E-state index in [1.54, 1.807) is 12.0 Å². The largest absolute Gasteiger partial charge is 0.484 e. The molecule has 0 spiro atoms. The SMILES string of the molecule is COCCC[C@@]1(CO)CN(C(=O)COc2ccc(F)cc2)CC[C@H]1O. The lowest BCUT2D eigenvalue weighted by Crippen LogP contribution is -2.56. The minimum atomic E-state index is -0.734. The number of likely N-dealkylation sites (tertiary alicyclic amines) is 1. The summed E-state index contributed by atoms with van der Waals surface area (Å²) >= 11 is 0. The summed E-state index contributed by atoms with van der Waals surface area (Å²) in [6.45, 7) is 0.872. The summed E-state index contributed by atoms with van der Waals surface area (Å²) in [7, 11) is 1.60. The molecule has 6 nitrogen and oxygen atoms in total. The summed E-state index contributed by atoms with van der Waals surface area (Å²) in [5.74, 6) is -0.173. The second-order valence-corrected chi connectivity index (χ2v) is 6.48. The molecule has 25 heavy (non-hydrogen) atoms. The number of aliphatic hydroxyl groups excluding tert-OH is 2. The number of amides is 1. The topological polar surface area (TPSA) is 79.2 Å². The maximum absolute atomic E-state index is 12.9. The number of hydrogen-bond donors (Lipinski definition) is 2. The zero-order valence-corrected chi connectivity index (χ0v) is 14.5. The fourth-order valence-electron chi connectivity index (χ4n) is 3.18. The number of carbonyl (C=O) groups excluding carboxylic acids is 1. The van der Waals surface area contributed by atoms with Crippen LogP contribution in [0.15, 0.2) is 24.3 Å². The van der Waals surface area contributed by atoms with E-state index in [0.717, 1.165) is 0 Å². The molecule has 1 fully saturated rings. The number of rotatable bonds is 8. The number of halogens is 1. The van der Waals surface area contributed by atoms with Gasteiger partial charge in [-0.15, -0.1) is 0 Å². The quantitative estimate of drug-likeness (QED) is 0.685. The zero-order chi connectivity index (χ0) is 18.3. The summed E-state index contributed by atoms with van der Waals surface area (Å²) < 4.78 is 23.3. The first-order valence-electron chi connectivity index (χ1n) is 8.45. The van der Waals surface area contributed by atoms with Crippen LogP contribution in [0.2, 0.25) is 0 Å². The van der Waals surface area contributed by atoms with Gasteiger partial charge in [0.25, 0.3) is 5.91 Å². The highest BCUT2D eigenvalue weighted by Gasteiger charge is 2.43. The van der Waals surface area contributed by atoms with Gasteiger partial charge in [0.05, 0.1) is 12.7 Å². The molecular weight excluding hydrogens is 329 g/mol. The van der Waals surface area contributed by atoms with Crippen LogP contribution in [0.25, 0.3) is 0 Å². The summed E-state index contributed by atoms with van der Waals surface area (Å²) in [5.41, 5.74) is -0.734. The standard InChI is InChI=1S/C18H26FNO5/c1-24-10-2-8-18(13-21)12-20(9-7-16(18)22)17(23)11-25-15-5-3-14(19)4-6-15/h3-6,16,21-22H,2,7-13H2,1H3/t16-,18+/m1/s1. The van der Waals surface area contributed by atoms with Crippen LogP contribution < -0.4 is 4.74 Å². The number of nitrogens with zero attached hydrogens (tertiary/aromatic N) is 1. The van der Waals surface area contributed by atoms with Crippen LogP contribution in [-0.2, 0) is 9.53 Å². The molecule has 1 aliphatic heterocycles. The number of hydrogen-bond acceptors (Lipinski definition) is 5. The smallest absolute Gasteiger partial charge is 0.260 e. The molecule has 1 saturated heterocycles. The van der Waals surface area contributed by atoms with E-state index < -0.39 is 11.5 Å². The first-order chi connectivity index (χ1) is 12.0. The fourth-order valence-corrected chi connectivity index (χ4v) is 3.18. The molecule has 0 saturated carbocycles. The molecule has 7 heteroatoms. The molecule has 0 bridgehead atoms. The van der Waals surface area contributed by atoms with Gasteiger partial charge >= 0.3 is 0 Å². The van der Waals surface area contributed by atoms with E-state index in [0.29, 0.717) is 38.2 Å². The van der Waals surface area contributed by atoms with E-state index in [9.17, 15) is 19.4 Å². The van der Waals surface area contributed by atoms with Gasteiger partial charge in [0.15, 0.2) is 6.61 Å². The van der Waals surface area contributed by atoms with Crippen LogP contribution in [-0.4, -0.2) is 67.1 Å². The Labute approximate surface area is 147 Å². The van der Waals surface area contributed by atoms with E-state index in [1.807, 2.05) is 0 Å². The van der Waals surface area contributed by atoms with Crippen LogP contribution >= 0.6 is 0 Å². The van der Waals surface area contributed by atoms with E-state index in [1.165, 1.54) is 24.3 Å². The summed E-state index contributed by atoms with van der Waals surface area (Å²) in [4.78, 5) is 14.0. The van der Waals surface area contributed by atoms with Gasteiger partial charge in [-0.1, -0.05) is 0 Å². The molecular formula is C18H26FNO5. The van der Waals surface area contributed by atoms with Gasteiger partial charge in [-0.3, -0.25) is 4.79 Å². The number of piperidine rings is 1. The van der Waals surface area contributed by atoms with Crippen molar-refractivity contribution in [2.45, 2.75) is 25.4 Å². The van der Waals surface area contributed by atoms with Gasteiger partial charge in [0, 0.05) is 32.2 Å². The lowest BCUT2D eigenvalue weighted by atomic mass is 9.74. The normalized spacial score (nSPS) is 23.5. The molecule has 1 aliphatic rings. The number of carbonyl (C=O) groups is 1. The maximum atomic E-state index is 12.9. The predicted octanol–water partition coefficient (Wildman–Crippen LogP) is 1.20. The predicted molar refractivity (Wildman–Crippen MR) is 89.7 cm³/mol. The first kappa shape index (κ1) is 19.6. The van der Waals surface area contributed by atoms with Gasteiger partial charge in [-0.05, 0) is 43.5 Å². The molecule has 0 aliphatic carbocycles. The minimum Gasteiger partial charge on any atom is -0.484 e. The molecule has 1 aromatic carbocycles. The Morgan fingerprint density at radius 3 is 2.76 bits per heavy atom. The molecule has 1 aromatic rings. The van der Waals surface area contributed by atoms with Gasteiger partial charge in [-0.25, -0.2) is 4.39 Å². The van der Waals surface area contributed by atoms with E-state index in [2.05, 4.69) is 0 Å². The average molecular weight is 355 g/mol. The van der Waals surface area contributed by atoms with E-state index in [4.69, 9.17) is 9.47 Å². The maximum Gasteiger partial charge on any atom is 0.260 e.